The van der Waals surface area contributed by atoms with E-state index in [9.17, 15) is 23.1 Å². The van der Waals surface area contributed by atoms with Crippen LogP contribution in [0.2, 0.25) is 0 Å². The molecule has 1 fully saturated rings. The molecule has 2 N–H and O–H groups in total. The summed E-state index contributed by atoms with van der Waals surface area (Å²) in [5, 5.41) is 11.7. The topological polar surface area (TPSA) is 52.6 Å². The standard InChI is InChI=1S/C9H15F3N2O2S/c10-9(11,12)17-5-3-13-8(16)14-4-1-2-7(15)6-14/h7,15H,1-6H2,(H,13,16)/t7-/m0/s1. The summed E-state index contributed by atoms with van der Waals surface area (Å²) in [7, 11) is 0. The third-order valence-electron chi connectivity index (χ3n) is 2.33. The molecule has 17 heavy (non-hydrogen) atoms. The number of aliphatic hydroxyl groups excluding tert-OH is 1. The normalized spacial score (nSPS) is 21.4. The summed E-state index contributed by atoms with van der Waals surface area (Å²) in [6, 6.07) is -0.411. The fourth-order valence-corrected chi connectivity index (χ4v) is 2.01. The van der Waals surface area contributed by atoms with Gasteiger partial charge in [0.2, 0.25) is 0 Å². The lowest BCUT2D eigenvalue weighted by molar-refractivity contribution is -0.0327. The maximum absolute atomic E-state index is 11.8. The number of alkyl halides is 3. The largest absolute Gasteiger partial charge is 0.441 e. The summed E-state index contributed by atoms with van der Waals surface area (Å²) in [6.07, 6.45) is 0.846. The van der Waals surface area contributed by atoms with Gasteiger partial charge in [-0.1, -0.05) is 0 Å². The third kappa shape index (κ3) is 6.02. The van der Waals surface area contributed by atoms with Crippen LogP contribution in [-0.4, -0.2) is 53.0 Å². The third-order valence-corrected chi connectivity index (χ3v) is 3.06. The number of hydrogen-bond acceptors (Lipinski definition) is 3. The lowest BCUT2D eigenvalue weighted by Crippen LogP contribution is -2.47. The molecule has 1 aliphatic rings. The highest BCUT2D eigenvalue weighted by atomic mass is 32.2. The molecular formula is C9H15F3N2O2S. The van der Waals surface area contributed by atoms with E-state index < -0.39 is 17.6 Å². The number of amides is 2. The number of aliphatic hydroxyl groups is 1. The monoisotopic (exact) mass is 272 g/mol. The second kappa shape index (κ2) is 6.34. The van der Waals surface area contributed by atoms with Crippen LogP contribution in [0.5, 0.6) is 0 Å². The van der Waals surface area contributed by atoms with Gasteiger partial charge in [-0.15, -0.1) is 0 Å². The van der Waals surface area contributed by atoms with Gasteiger partial charge in [0.25, 0.3) is 0 Å². The van der Waals surface area contributed by atoms with Gasteiger partial charge in [0.05, 0.1) is 6.10 Å². The second-order valence-electron chi connectivity index (χ2n) is 3.77. The first-order valence-corrected chi connectivity index (χ1v) is 6.28. The van der Waals surface area contributed by atoms with Crippen molar-refractivity contribution in [3.05, 3.63) is 0 Å². The predicted octanol–water partition coefficient (Wildman–Crippen LogP) is 1.41. The number of nitrogens with zero attached hydrogens (tertiary/aromatic N) is 1. The first-order valence-electron chi connectivity index (χ1n) is 5.30. The Morgan fingerprint density at radius 3 is 2.82 bits per heavy atom. The Bertz CT molecular complexity index is 263. The second-order valence-corrected chi connectivity index (χ2v) is 4.93. The number of piperidine rings is 1. The number of likely N-dealkylation sites (tertiary alicyclic amines) is 1. The summed E-state index contributed by atoms with van der Waals surface area (Å²) in [5.74, 6) is -0.203. The smallest absolute Gasteiger partial charge is 0.391 e. The van der Waals surface area contributed by atoms with Crippen molar-refractivity contribution >= 4 is 17.8 Å². The fourth-order valence-electron chi connectivity index (χ4n) is 1.58. The molecule has 8 heteroatoms. The number of carbonyl (C=O) groups is 1. The number of nitrogens with one attached hydrogen (secondary N) is 1. The Labute approximate surface area is 102 Å². The van der Waals surface area contributed by atoms with Crippen LogP contribution in [0, 0.1) is 0 Å². The first kappa shape index (κ1) is 14.4. The van der Waals surface area contributed by atoms with Crippen LogP contribution in [0.4, 0.5) is 18.0 Å². The van der Waals surface area contributed by atoms with Crippen molar-refractivity contribution in [1.29, 1.82) is 0 Å². The molecule has 0 aromatic carbocycles. The summed E-state index contributed by atoms with van der Waals surface area (Å²) in [6.45, 7) is 0.753. The number of urea groups is 1. The number of carbonyl (C=O) groups excluding carboxylic acids is 1. The van der Waals surface area contributed by atoms with E-state index in [2.05, 4.69) is 5.32 Å². The maximum Gasteiger partial charge on any atom is 0.441 e. The Morgan fingerprint density at radius 2 is 2.24 bits per heavy atom. The molecular weight excluding hydrogens is 257 g/mol. The van der Waals surface area contributed by atoms with Crippen LogP contribution < -0.4 is 5.32 Å². The highest BCUT2D eigenvalue weighted by Gasteiger charge is 2.27. The number of rotatable bonds is 3. The molecule has 0 aromatic rings. The highest BCUT2D eigenvalue weighted by Crippen LogP contribution is 2.29. The molecule has 0 bridgehead atoms. The van der Waals surface area contributed by atoms with Crippen molar-refractivity contribution in [2.45, 2.75) is 24.5 Å². The maximum atomic E-state index is 11.8. The Morgan fingerprint density at radius 1 is 1.53 bits per heavy atom. The van der Waals surface area contributed by atoms with E-state index in [0.29, 0.717) is 19.4 Å². The molecule has 1 saturated heterocycles. The Balaban J connectivity index is 2.16. The summed E-state index contributed by atoms with van der Waals surface area (Å²) in [5.41, 5.74) is -4.26. The molecule has 1 heterocycles. The van der Waals surface area contributed by atoms with Gasteiger partial charge in [0, 0.05) is 25.4 Å². The summed E-state index contributed by atoms with van der Waals surface area (Å²) in [4.78, 5) is 12.9. The van der Waals surface area contributed by atoms with E-state index >= 15 is 0 Å². The van der Waals surface area contributed by atoms with Gasteiger partial charge in [0.1, 0.15) is 0 Å². The zero-order valence-electron chi connectivity index (χ0n) is 9.16. The molecule has 100 valence electrons. The predicted molar refractivity (Wildman–Crippen MR) is 58.7 cm³/mol. The van der Waals surface area contributed by atoms with E-state index in [1.807, 2.05) is 0 Å². The molecule has 1 rings (SSSR count). The van der Waals surface area contributed by atoms with Crippen LogP contribution in [0.15, 0.2) is 0 Å². The Kier molecular flexibility index (Phi) is 5.38. The van der Waals surface area contributed by atoms with Crippen molar-refractivity contribution in [3.8, 4) is 0 Å². The number of β-amino-alcohol motifs (C(OH)–C–C–N with tert-alkyl or cyclic N) is 1. The molecule has 0 saturated carbocycles. The van der Waals surface area contributed by atoms with Crippen molar-refractivity contribution in [3.63, 3.8) is 0 Å². The SMILES string of the molecule is O=C(NCCSC(F)(F)F)N1CCC[C@H](O)C1. The van der Waals surface area contributed by atoms with E-state index in [1.165, 1.54) is 4.90 Å². The van der Waals surface area contributed by atoms with Crippen LogP contribution in [0.1, 0.15) is 12.8 Å². The van der Waals surface area contributed by atoms with Gasteiger partial charge in [-0.25, -0.2) is 4.79 Å². The first-order chi connectivity index (χ1) is 7.88. The number of thioether (sulfide) groups is 1. The molecule has 0 aliphatic carbocycles. The fraction of sp³-hybridized carbons (Fsp3) is 0.889. The molecule has 4 nitrogen and oxygen atoms in total. The molecule has 0 unspecified atom stereocenters. The molecule has 1 atom stereocenters. The van der Waals surface area contributed by atoms with Gasteiger partial charge in [-0.05, 0) is 24.6 Å². The lowest BCUT2D eigenvalue weighted by Gasteiger charge is -2.30. The zero-order valence-corrected chi connectivity index (χ0v) is 9.98. The van der Waals surface area contributed by atoms with E-state index in [4.69, 9.17) is 0 Å². The van der Waals surface area contributed by atoms with Crippen molar-refractivity contribution in [2.75, 3.05) is 25.4 Å². The molecule has 0 radical (unpaired) electrons. The minimum atomic E-state index is -4.26. The van der Waals surface area contributed by atoms with Crippen LogP contribution in [0.3, 0.4) is 0 Å². The lowest BCUT2D eigenvalue weighted by atomic mass is 10.1. The van der Waals surface area contributed by atoms with Crippen molar-refractivity contribution in [2.24, 2.45) is 0 Å². The zero-order chi connectivity index (χ0) is 12.9. The van der Waals surface area contributed by atoms with Gasteiger partial charge in [-0.2, -0.15) is 13.2 Å². The Hall–Kier alpha value is -0.630. The van der Waals surface area contributed by atoms with Crippen molar-refractivity contribution < 1.29 is 23.1 Å². The highest BCUT2D eigenvalue weighted by molar-refractivity contribution is 8.00. The number of hydrogen-bond donors (Lipinski definition) is 2. The summed E-state index contributed by atoms with van der Waals surface area (Å²) >= 11 is -0.160. The minimum Gasteiger partial charge on any atom is -0.391 e. The minimum absolute atomic E-state index is 0.0321. The van der Waals surface area contributed by atoms with Gasteiger partial charge in [-0.3, -0.25) is 0 Å². The van der Waals surface area contributed by atoms with Crippen LogP contribution in [-0.2, 0) is 0 Å². The average Bonchev–Trinajstić information content (AvgIpc) is 2.23. The quantitative estimate of drug-likeness (QED) is 0.764. The van der Waals surface area contributed by atoms with Gasteiger partial charge < -0.3 is 15.3 Å². The molecule has 0 spiro atoms. The van der Waals surface area contributed by atoms with Crippen LogP contribution >= 0.6 is 11.8 Å². The van der Waals surface area contributed by atoms with Crippen LogP contribution in [0.25, 0.3) is 0 Å². The molecule has 1 aliphatic heterocycles. The average molecular weight is 272 g/mol. The van der Waals surface area contributed by atoms with Crippen molar-refractivity contribution in [1.82, 2.24) is 10.2 Å². The van der Waals surface area contributed by atoms with E-state index in [0.717, 1.165) is 0 Å². The van der Waals surface area contributed by atoms with Gasteiger partial charge in [0.15, 0.2) is 0 Å². The summed E-state index contributed by atoms with van der Waals surface area (Å²) < 4.78 is 35.4. The molecule has 2 amide bonds. The number of halogens is 3. The van der Waals surface area contributed by atoms with E-state index in [1.54, 1.807) is 0 Å². The molecule has 0 aromatic heterocycles. The van der Waals surface area contributed by atoms with Gasteiger partial charge >= 0.3 is 11.5 Å². The van der Waals surface area contributed by atoms with E-state index in [-0.39, 0.29) is 30.6 Å².